The molecule has 4 rings (SSSR count). The van der Waals surface area contributed by atoms with Crippen LogP contribution in [0.15, 0.2) is 65.3 Å². The van der Waals surface area contributed by atoms with E-state index < -0.39 is 6.23 Å². The van der Waals surface area contributed by atoms with Crippen LogP contribution in [-0.4, -0.2) is 44.4 Å². The van der Waals surface area contributed by atoms with Crippen LogP contribution in [0.25, 0.3) is 11.3 Å². The van der Waals surface area contributed by atoms with Crippen LogP contribution in [0.5, 0.6) is 0 Å². The lowest BCUT2D eigenvalue weighted by Gasteiger charge is -2.34. The van der Waals surface area contributed by atoms with Gasteiger partial charge in [-0.2, -0.15) is 0 Å². The van der Waals surface area contributed by atoms with E-state index in [4.69, 9.17) is 4.74 Å². The molecule has 2 aliphatic rings. The molecule has 2 aromatic carbocycles. The minimum atomic E-state index is -0.826. The number of hydrogen-bond donors (Lipinski definition) is 0. The summed E-state index contributed by atoms with van der Waals surface area (Å²) in [5.41, 5.74) is 14.1. The summed E-state index contributed by atoms with van der Waals surface area (Å²) in [5.74, 6) is 0.286. The van der Waals surface area contributed by atoms with E-state index in [1.165, 1.54) is 17.8 Å². The minimum Gasteiger partial charge on any atom is -0.462 e. The standard InChI is InChI=1S/C23H24FN4O/c1-16-15-21(23(26-25)29-22(16)18-3-7-19(24)8-4-18)17-5-9-20(10-6-17)28-13-11-27(2)12-14-28/h3-10,15,23H,11-14H2,1-2H3. The molecule has 0 aliphatic carbocycles. The maximum absolute atomic E-state index is 13.2. The lowest BCUT2D eigenvalue weighted by atomic mass is 9.97. The molecule has 1 radical (unpaired) electrons. The summed E-state index contributed by atoms with van der Waals surface area (Å²) >= 11 is 0. The largest absolute Gasteiger partial charge is 0.462 e. The van der Waals surface area contributed by atoms with E-state index in [1.54, 1.807) is 12.1 Å². The number of anilines is 1. The van der Waals surface area contributed by atoms with E-state index in [2.05, 4.69) is 34.1 Å². The molecule has 2 aliphatic heterocycles. The molecule has 29 heavy (non-hydrogen) atoms. The second kappa shape index (κ2) is 8.17. The Hall–Kier alpha value is -2.99. The molecule has 0 N–H and O–H groups in total. The van der Waals surface area contributed by atoms with Crippen molar-refractivity contribution in [3.8, 4) is 0 Å². The molecule has 149 valence electrons. The number of nitrogens with zero attached hydrogens (tertiary/aromatic N) is 4. The zero-order chi connectivity index (χ0) is 20.4. The van der Waals surface area contributed by atoms with Gasteiger partial charge in [0.2, 0.25) is 6.23 Å². The number of benzene rings is 2. The highest BCUT2D eigenvalue weighted by Crippen LogP contribution is 2.35. The van der Waals surface area contributed by atoms with Gasteiger partial charge >= 0.3 is 0 Å². The fourth-order valence-corrected chi connectivity index (χ4v) is 3.78. The van der Waals surface area contributed by atoms with Gasteiger partial charge in [0.05, 0.1) is 0 Å². The van der Waals surface area contributed by atoms with Gasteiger partial charge in [0.15, 0.2) is 0 Å². The number of ether oxygens (including phenoxy) is 1. The summed E-state index contributed by atoms with van der Waals surface area (Å²) < 4.78 is 19.2. The highest BCUT2D eigenvalue weighted by atomic mass is 19.1. The Bertz CT molecular complexity index is 942. The first-order valence-corrected chi connectivity index (χ1v) is 9.78. The third-order valence-corrected chi connectivity index (χ3v) is 5.51. The van der Waals surface area contributed by atoms with Crippen LogP contribution >= 0.6 is 0 Å². The lowest BCUT2D eigenvalue weighted by Crippen LogP contribution is -2.44. The Labute approximate surface area is 170 Å². The Balaban J connectivity index is 1.60. The van der Waals surface area contributed by atoms with Gasteiger partial charge in [-0.05, 0) is 73.1 Å². The Kier molecular flexibility index (Phi) is 5.45. The summed E-state index contributed by atoms with van der Waals surface area (Å²) in [6.07, 6.45) is 1.14. The van der Waals surface area contributed by atoms with Crippen molar-refractivity contribution in [3.05, 3.63) is 77.1 Å². The van der Waals surface area contributed by atoms with Crippen molar-refractivity contribution in [3.63, 3.8) is 0 Å². The van der Waals surface area contributed by atoms with Crippen molar-refractivity contribution >= 4 is 17.0 Å². The van der Waals surface area contributed by atoms with Crippen molar-refractivity contribution in [1.82, 2.24) is 10.4 Å². The molecule has 2 heterocycles. The molecule has 0 bridgehead atoms. The van der Waals surface area contributed by atoms with Crippen LogP contribution in [0.4, 0.5) is 10.1 Å². The number of likely N-dealkylation sites (N-methyl/N-ethyl adjacent to an activating group) is 1. The van der Waals surface area contributed by atoms with Gasteiger partial charge in [0, 0.05) is 43.0 Å². The van der Waals surface area contributed by atoms with Crippen molar-refractivity contribution in [2.75, 3.05) is 38.1 Å². The summed E-state index contributed by atoms with van der Waals surface area (Å²) in [7, 11) is 2.14. The van der Waals surface area contributed by atoms with Crippen LogP contribution in [0.2, 0.25) is 0 Å². The second-order valence-corrected chi connectivity index (χ2v) is 7.54. The quantitative estimate of drug-likeness (QED) is 0.740. The molecule has 5 nitrogen and oxygen atoms in total. The topological polar surface area (TPSA) is 50.4 Å². The van der Waals surface area contributed by atoms with E-state index in [0.29, 0.717) is 5.76 Å². The Morgan fingerprint density at radius 1 is 0.966 bits per heavy atom. The number of piperazine rings is 1. The predicted octanol–water partition coefficient (Wildman–Crippen LogP) is 4.00. The molecule has 6 heteroatoms. The van der Waals surface area contributed by atoms with Gasteiger partial charge in [0.1, 0.15) is 11.6 Å². The first-order chi connectivity index (χ1) is 14.0. The minimum absolute atomic E-state index is 0.303. The molecule has 1 unspecified atom stereocenters. The lowest BCUT2D eigenvalue weighted by molar-refractivity contribution is 0.217. The van der Waals surface area contributed by atoms with Crippen molar-refractivity contribution < 1.29 is 9.13 Å². The molecular formula is C23H24FN4O. The van der Waals surface area contributed by atoms with E-state index in [-0.39, 0.29) is 5.82 Å². The molecular weight excluding hydrogens is 367 g/mol. The summed E-state index contributed by atoms with van der Waals surface area (Å²) in [6.45, 7) is 6.08. The molecule has 2 aromatic rings. The van der Waals surface area contributed by atoms with Gasteiger partial charge in [-0.25, -0.2) is 4.39 Å². The first-order valence-electron chi connectivity index (χ1n) is 9.78. The monoisotopic (exact) mass is 391 g/mol. The van der Waals surface area contributed by atoms with Crippen LogP contribution in [0.3, 0.4) is 0 Å². The number of halogens is 1. The maximum atomic E-state index is 13.2. The molecule has 0 saturated carbocycles. The highest BCUT2D eigenvalue weighted by Gasteiger charge is 2.25. The van der Waals surface area contributed by atoms with Gasteiger partial charge < -0.3 is 14.5 Å². The number of allylic oxidation sites excluding steroid dienone is 2. The molecule has 0 spiro atoms. The van der Waals surface area contributed by atoms with Crippen molar-refractivity contribution in [2.24, 2.45) is 5.11 Å². The van der Waals surface area contributed by atoms with Gasteiger partial charge in [-0.3, -0.25) is 0 Å². The average Bonchev–Trinajstić information content (AvgIpc) is 2.75. The molecule has 0 aromatic heterocycles. The summed E-state index contributed by atoms with van der Waals surface area (Å²) in [4.78, 5) is 4.71. The zero-order valence-corrected chi connectivity index (χ0v) is 16.7. The average molecular weight is 391 g/mol. The fourth-order valence-electron chi connectivity index (χ4n) is 3.78. The van der Waals surface area contributed by atoms with Crippen molar-refractivity contribution in [1.29, 1.82) is 0 Å². The summed E-state index contributed by atoms with van der Waals surface area (Å²) in [5, 5.41) is 3.44. The third-order valence-electron chi connectivity index (χ3n) is 5.51. The van der Waals surface area contributed by atoms with Crippen LogP contribution in [0, 0.1) is 5.82 Å². The third kappa shape index (κ3) is 4.07. The Morgan fingerprint density at radius 3 is 2.21 bits per heavy atom. The molecule has 1 atom stereocenters. The van der Waals surface area contributed by atoms with Gasteiger partial charge in [-0.1, -0.05) is 12.1 Å². The fraction of sp³-hybridized carbons (Fsp3) is 0.304. The SMILES string of the molecule is CC1=C(c2ccc(F)cc2)OC(N=[N])C(c2ccc(N3CCN(C)CC3)cc2)=C1. The van der Waals surface area contributed by atoms with Crippen LogP contribution in [0.1, 0.15) is 18.1 Å². The molecule has 1 fully saturated rings. The van der Waals surface area contributed by atoms with Gasteiger partial charge in [-0.15, -0.1) is 5.11 Å². The normalized spacial score (nSPS) is 20.3. The molecule has 0 amide bonds. The zero-order valence-electron chi connectivity index (χ0n) is 16.7. The second-order valence-electron chi connectivity index (χ2n) is 7.54. The van der Waals surface area contributed by atoms with E-state index in [9.17, 15) is 9.92 Å². The summed E-state index contributed by atoms with van der Waals surface area (Å²) in [6, 6.07) is 14.4. The van der Waals surface area contributed by atoms with E-state index in [1.807, 2.05) is 25.1 Å². The molecule has 1 saturated heterocycles. The Morgan fingerprint density at radius 2 is 1.59 bits per heavy atom. The number of hydrogen-bond acceptors (Lipinski definition) is 4. The highest BCUT2D eigenvalue weighted by molar-refractivity contribution is 5.79. The van der Waals surface area contributed by atoms with E-state index in [0.717, 1.165) is 48.5 Å². The maximum Gasteiger partial charge on any atom is 0.237 e. The smallest absolute Gasteiger partial charge is 0.237 e. The van der Waals surface area contributed by atoms with Crippen LogP contribution < -0.4 is 10.4 Å². The van der Waals surface area contributed by atoms with Gasteiger partial charge in [0.25, 0.3) is 0 Å². The first kappa shape index (κ1) is 19.3. The predicted molar refractivity (Wildman–Crippen MR) is 113 cm³/mol. The number of rotatable bonds is 4. The van der Waals surface area contributed by atoms with Crippen molar-refractivity contribution in [2.45, 2.75) is 13.2 Å². The van der Waals surface area contributed by atoms with Crippen LogP contribution in [-0.2, 0) is 4.74 Å². The van der Waals surface area contributed by atoms with E-state index >= 15 is 0 Å².